The van der Waals surface area contributed by atoms with Crippen molar-refractivity contribution in [3.05, 3.63) is 0 Å². The predicted octanol–water partition coefficient (Wildman–Crippen LogP) is 1.78. The molecule has 0 bridgehead atoms. The minimum Gasteiger partial charge on any atom is -0.396 e. The van der Waals surface area contributed by atoms with E-state index in [1.54, 1.807) is 0 Å². The van der Waals surface area contributed by atoms with Crippen LogP contribution in [0.4, 0.5) is 0 Å². The van der Waals surface area contributed by atoms with Crippen molar-refractivity contribution in [3.8, 4) is 0 Å². The van der Waals surface area contributed by atoms with E-state index in [0.29, 0.717) is 6.04 Å². The first-order valence-electron chi connectivity index (χ1n) is 4.92. The SMILES string of the molecule is CCC(C)NCC(C)(CC)CO. The zero-order chi connectivity index (χ0) is 9.61. The summed E-state index contributed by atoms with van der Waals surface area (Å²) < 4.78 is 0. The van der Waals surface area contributed by atoms with Crippen LogP contribution in [0.1, 0.15) is 40.5 Å². The van der Waals surface area contributed by atoms with Crippen molar-refractivity contribution in [2.75, 3.05) is 13.2 Å². The van der Waals surface area contributed by atoms with Gasteiger partial charge in [0, 0.05) is 24.6 Å². The molecule has 0 saturated heterocycles. The molecule has 2 unspecified atom stereocenters. The zero-order valence-electron chi connectivity index (χ0n) is 8.85. The van der Waals surface area contributed by atoms with Gasteiger partial charge in [-0.3, -0.25) is 0 Å². The molecule has 0 heterocycles. The molecule has 0 fully saturated rings. The minimum atomic E-state index is 0.0590. The van der Waals surface area contributed by atoms with E-state index >= 15 is 0 Å². The van der Waals surface area contributed by atoms with Gasteiger partial charge in [0.05, 0.1) is 0 Å². The van der Waals surface area contributed by atoms with E-state index in [4.69, 9.17) is 5.11 Å². The summed E-state index contributed by atoms with van der Waals surface area (Å²) in [6, 6.07) is 0.558. The van der Waals surface area contributed by atoms with E-state index < -0.39 is 0 Å². The highest BCUT2D eigenvalue weighted by molar-refractivity contribution is 4.75. The standard InChI is InChI=1S/C10H23NO/c1-5-9(3)11-7-10(4,6-2)8-12/h9,11-12H,5-8H2,1-4H3. The number of rotatable bonds is 6. The van der Waals surface area contributed by atoms with Gasteiger partial charge in [-0.25, -0.2) is 0 Å². The Labute approximate surface area is 76.4 Å². The molecule has 0 aliphatic heterocycles. The Morgan fingerprint density at radius 3 is 2.33 bits per heavy atom. The smallest absolute Gasteiger partial charge is 0.0496 e. The topological polar surface area (TPSA) is 32.3 Å². The molecule has 2 N–H and O–H groups in total. The second kappa shape index (κ2) is 5.55. The predicted molar refractivity (Wildman–Crippen MR) is 53.2 cm³/mol. The zero-order valence-corrected chi connectivity index (χ0v) is 8.85. The van der Waals surface area contributed by atoms with Crippen LogP contribution < -0.4 is 5.32 Å². The van der Waals surface area contributed by atoms with E-state index in [9.17, 15) is 0 Å². The molecule has 0 aromatic rings. The molecule has 0 aromatic heterocycles. The maximum Gasteiger partial charge on any atom is 0.0496 e. The highest BCUT2D eigenvalue weighted by Crippen LogP contribution is 2.18. The molecule has 0 aliphatic carbocycles. The van der Waals surface area contributed by atoms with Gasteiger partial charge in [0.25, 0.3) is 0 Å². The van der Waals surface area contributed by atoms with Gasteiger partial charge in [-0.15, -0.1) is 0 Å². The van der Waals surface area contributed by atoms with Gasteiger partial charge in [0.2, 0.25) is 0 Å². The fraction of sp³-hybridized carbons (Fsp3) is 1.00. The third-order valence-electron chi connectivity index (χ3n) is 2.72. The van der Waals surface area contributed by atoms with Gasteiger partial charge < -0.3 is 10.4 Å². The quantitative estimate of drug-likeness (QED) is 0.642. The molecule has 74 valence electrons. The lowest BCUT2D eigenvalue weighted by Gasteiger charge is -2.27. The molecule has 0 aromatic carbocycles. The Bertz CT molecular complexity index is 110. The monoisotopic (exact) mass is 173 g/mol. The molecule has 0 rings (SSSR count). The highest BCUT2D eigenvalue weighted by Gasteiger charge is 2.20. The maximum atomic E-state index is 9.13. The van der Waals surface area contributed by atoms with Gasteiger partial charge in [-0.1, -0.05) is 20.8 Å². The summed E-state index contributed by atoms with van der Waals surface area (Å²) >= 11 is 0. The van der Waals surface area contributed by atoms with Gasteiger partial charge in [-0.05, 0) is 19.8 Å². The van der Waals surface area contributed by atoms with Crippen LogP contribution in [0, 0.1) is 5.41 Å². The molecule has 0 spiro atoms. The molecule has 2 atom stereocenters. The number of hydrogen-bond donors (Lipinski definition) is 2. The van der Waals surface area contributed by atoms with E-state index in [1.807, 2.05) is 0 Å². The van der Waals surface area contributed by atoms with Crippen LogP contribution in [0.2, 0.25) is 0 Å². The fourth-order valence-corrected chi connectivity index (χ4v) is 0.858. The van der Waals surface area contributed by atoms with Crippen molar-refractivity contribution < 1.29 is 5.11 Å². The second-order valence-electron chi connectivity index (χ2n) is 4.01. The van der Waals surface area contributed by atoms with Gasteiger partial charge in [0.15, 0.2) is 0 Å². The van der Waals surface area contributed by atoms with Crippen LogP contribution in [-0.4, -0.2) is 24.3 Å². The molecule has 0 radical (unpaired) electrons. The summed E-state index contributed by atoms with van der Waals surface area (Å²) in [6.07, 6.45) is 2.16. The van der Waals surface area contributed by atoms with Crippen molar-refractivity contribution in [1.29, 1.82) is 0 Å². The van der Waals surface area contributed by atoms with Crippen LogP contribution in [0.15, 0.2) is 0 Å². The van der Waals surface area contributed by atoms with E-state index in [2.05, 4.69) is 33.0 Å². The summed E-state index contributed by atoms with van der Waals surface area (Å²) in [7, 11) is 0. The lowest BCUT2D eigenvalue weighted by molar-refractivity contribution is 0.132. The van der Waals surface area contributed by atoms with Crippen molar-refractivity contribution in [2.45, 2.75) is 46.6 Å². The molecule has 0 amide bonds. The summed E-state index contributed by atoms with van der Waals surface area (Å²) in [6.45, 7) is 9.76. The van der Waals surface area contributed by atoms with Crippen LogP contribution >= 0.6 is 0 Å². The van der Waals surface area contributed by atoms with Gasteiger partial charge >= 0.3 is 0 Å². The lowest BCUT2D eigenvalue weighted by Crippen LogP contribution is -2.38. The largest absolute Gasteiger partial charge is 0.396 e. The summed E-state index contributed by atoms with van der Waals surface area (Å²) in [5.74, 6) is 0. The van der Waals surface area contributed by atoms with E-state index in [0.717, 1.165) is 19.4 Å². The maximum absolute atomic E-state index is 9.13. The molecule has 0 saturated carbocycles. The van der Waals surface area contributed by atoms with Crippen LogP contribution in [0.5, 0.6) is 0 Å². The van der Waals surface area contributed by atoms with Crippen molar-refractivity contribution in [3.63, 3.8) is 0 Å². The summed E-state index contributed by atoms with van der Waals surface area (Å²) in [4.78, 5) is 0. The normalized spacial score (nSPS) is 18.8. The third-order valence-corrected chi connectivity index (χ3v) is 2.72. The second-order valence-corrected chi connectivity index (χ2v) is 4.01. The minimum absolute atomic E-state index is 0.0590. The van der Waals surface area contributed by atoms with Crippen molar-refractivity contribution in [1.82, 2.24) is 5.32 Å². The van der Waals surface area contributed by atoms with Crippen molar-refractivity contribution in [2.24, 2.45) is 5.41 Å². The summed E-state index contributed by atoms with van der Waals surface area (Å²) in [5.41, 5.74) is 0.0590. The first-order valence-corrected chi connectivity index (χ1v) is 4.92. The molecule has 2 heteroatoms. The van der Waals surface area contributed by atoms with E-state index in [-0.39, 0.29) is 12.0 Å². The van der Waals surface area contributed by atoms with Gasteiger partial charge in [-0.2, -0.15) is 0 Å². The number of aliphatic hydroxyl groups is 1. The Kier molecular flexibility index (Phi) is 5.51. The Morgan fingerprint density at radius 2 is 2.00 bits per heavy atom. The fourth-order valence-electron chi connectivity index (χ4n) is 0.858. The Morgan fingerprint density at radius 1 is 1.42 bits per heavy atom. The highest BCUT2D eigenvalue weighted by atomic mass is 16.3. The first-order chi connectivity index (χ1) is 5.58. The van der Waals surface area contributed by atoms with Crippen LogP contribution in [-0.2, 0) is 0 Å². The first kappa shape index (κ1) is 11.9. The molecule has 12 heavy (non-hydrogen) atoms. The Balaban J connectivity index is 3.72. The van der Waals surface area contributed by atoms with Crippen LogP contribution in [0.25, 0.3) is 0 Å². The van der Waals surface area contributed by atoms with Crippen molar-refractivity contribution >= 4 is 0 Å². The molecular weight excluding hydrogens is 150 g/mol. The van der Waals surface area contributed by atoms with Gasteiger partial charge in [0.1, 0.15) is 0 Å². The summed E-state index contributed by atoms with van der Waals surface area (Å²) in [5, 5.41) is 12.5. The molecule has 2 nitrogen and oxygen atoms in total. The molecule has 0 aliphatic rings. The average Bonchev–Trinajstić information content (AvgIpc) is 2.13. The Hall–Kier alpha value is -0.0800. The van der Waals surface area contributed by atoms with Crippen LogP contribution in [0.3, 0.4) is 0 Å². The van der Waals surface area contributed by atoms with E-state index in [1.165, 1.54) is 0 Å². The number of hydrogen-bond acceptors (Lipinski definition) is 2. The third kappa shape index (κ3) is 4.07. The number of aliphatic hydroxyl groups excluding tert-OH is 1. The average molecular weight is 173 g/mol. The number of nitrogens with one attached hydrogen (secondary N) is 1. The molecular formula is C10H23NO. The lowest BCUT2D eigenvalue weighted by atomic mass is 9.88.